The van der Waals surface area contributed by atoms with Crippen molar-refractivity contribution in [2.24, 2.45) is 0 Å². The fourth-order valence-electron chi connectivity index (χ4n) is 3.93. The second kappa shape index (κ2) is 11.0. The van der Waals surface area contributed by atoms with Gasteiger partial charge in [0.25, 0.3) is 5.88 Å². The van der Waals surface area contributed by atoms with Gasteiger partial charge in [-0.1, -0.05) is 0 Å². The lowest BCUT2D eigenvalue weighted by Crippen LogP contribution is -2.39. The molecule has 2 aliphatic heterocycles. The Morgan fingerprint density at radius 3 is 2.69 bits per heavy atom. The lowest BCUT2D eigenvalue weighted by molar-refractivity contribution is 0.0163. The molecule has 0 radical (unpaired) electrons. The number of morpholine rings is 1. The van der Waals surface area contributed by atoms with Gasteiger partial charge in [0.05, 0.1) is 31.7 Å². The highest BCUT2D eigenvalue weighted by atomic mass is 16.6. The number of hydrogen-bond acceptors (Lipinski definition) is 10. The summed E-state index contributed by atoms with van der Waals surface area (Å²) < 4.78 is 22.9. The molecular formula is C26H32N6O4. The van der Waals surface area contributed by atoms with E-state index in [0.717, 1.165) is 56.4 Å². The van der Waals surface area contributed by atoms with Gasteiger partial charge < -0.3 is 29.6 Å². The first-order valence-corrected chi connectivity index (χ1v) is 12.2. The maximum atomic E-state index is 5.89. The molecule has 2 aromatic heterocycles. The molecule has 10 heteroatoms. The molecule has 0 saturated carbocycles. The maximum Gasteiger partial charge on any atom is 0.257 e. The summed E-state index contributed by atoms with van der Waals surface area (Å²) >= 11 is 0. The monoisotopic (exact) mass is 492 g/mol. The van der Waals surface area contributed by atoms with Gasteiger partial charge in [-0.25, -0.2) is 9.97 Å². The van der Waals surface area contributed by atoms with Gasteiger partial charge in [-0.15, -0.1) is 0 Å². The summed E-state index contributed by atoms with van der Waals surface area (Å²) in [5.74, 6) is 3.05. The molecular weight excluding hydrogens is 460 g/mol. The standard InChI is InChI=1S/C26H32N6O4/c1-26(2)18-35-22-16-20(17-28-24(22)36-26)29-23-8-9-27-25(31-23)30-19-4-6-21(7-5-19)34-13-3-10-32-11-14-33-15-12-32/h4-9,16-17H,3,10-15,18H2,1-2H3,(H2,27,29,30,31). The van der Waals surface area contributed by atoms with E-state index in [-0.39, 0.29) is 0 Å². The minimum Gasteiger partial charge on any atom is -0.494 e. The van der Waals surface area contributed by atoms with Crippen LogP contribution in [0.4, 0.5) is 23.1 Å². The first-order valence-electron chi connectivity index (χ1n) is 12.2. The Morgan fingerprint density at radius 1 is 1.03 bits per heavy atom. The number of anilines is 4. The van der Waals surface area contributed by atoms with Crippen molar-refractivity contribution in [2.75, 3.05) is 56.7 Å². The van der Waals surface area contributed by atoms with E-state index < -0.39 is 5.60 Å². The van der Waals surface area contributed by atoms with Crippen LogP contribution in [0.1, 0.15) is 20.3 Å². The van der Waals surface area contributed by atoms with Gasteiger partial charge in [-0.2, -0.15) is 4.98 Å². The number of nitrogens with zero attached hydrogens (tertiary/aromatic N) is 4. The quantitative estimate of drug-likeness (QED) is 0.426. The van der Waals surface area contributed by atoms with Crippen LogP contribution in [0.2, 0.25) is 0 Å². The number of pyridine rings is 1. The van der Waals surface area contributed by atoms with Crippen molar-refractivity contribution in [1.82, 2.24) is 19.9 Å². The van der Waals surface area contributed by atoms with E-state index in [1.165, 1.54) is 0 Å². The molecule has 190 valence electrons. The van der Waals surface area contributed by atoms with Gasteiger partial charge in [0.1, 0.15) is 23.8 Å². The maximum absolute atomic E-state index is 5.89. The molecule has 2 aliphatic rings. The van der Waals surface area contributed by atoms with Crippen LogP contribution in [0.5, 0.6) is 17.4 Å². The molecule has 0 spiro atoms. The molecule has 4 heterocycles. The van der Waals surface area contributed by atoms with Crippen molar-refractivity contribution in [3.05, 3.63) is 48.8 Å². The van der Waals surface area contributed by atoms with Gasteiger partial charge >= 0.3 is 0 Å². The van der Waals surface area contributed by atoms with E-state index in [9.17, 15) is 0 Å². The number of hydrogen-bond donors (Lipinski definition) is 2. The minimum absolute atomic E-state index is 0.393. The van der Waals surface area contributed by atoms with Gasteiger partial charge in [0.15, 0.2) is 5.75 Å². The Bertz CT molecular complexity index is 1150. The second-order valence-corrected chi connectivity index (χ2v) is 9.37. The molecule has 5 rings (SSSR count). The third kappa shape index (κ3) is 6.52. The smallest absolute Gasteiger partial charge is 0.257 e. The summed E-state index contributed by atoms with van der Waals surface area (Å²) in [6.45, 7) is 9.78. The lowest BCUT2D eigenvalue weighted by Gasteiger charge is -2.31. The third-order valence-electron chi connectivity index (χ3n) is 5.80. The third-order valence-corrected chi connectivity index (χ3v) is 5.80. The zero-order valence-electron chi connectivity index (χ0n) is 20.7. The Kier molecular flexibility index (Phi) is 7.33. The fraction of sp³-hybridized carbons (Fsp3) is 0.423. The van der Waals surface area contributed by atoms with E-state index in [0.29, 0.717) is 36.6 Å². The number of nitrogens with one attached hydrogen (secondary N) is 2. The molecule has 1 aromatic carbocycles. The molecule has 0 aliphatic carbocycles. The van der Waals surface area contributed by atoms with Crippen molar-refractivity contribution in [3.8, 4) is 17.4 Å². The molecule has 1 saturated heterocycles. The average Bonchev–Trinajstić information content (AvgIpc) is 2.88. The van der Waals surface area contributed by atoms with E-state index in [4.69, 9.17) is 18.9 Å². The van der Waals surface area contributed by atoms with Crippen LogP contribution in [0.25, 0.3) is 0 Å². The largest absolute Gasteiger partial charge is 0.494 e. The first kappa shape index (κ1) is 24.1. The molecule has 36 heavy (non-hydrogen) atoms. The zero-order chi connectivity index (χ0) is 24.8. The van der Waals surface area contributed by atoms with Gasteiger partial charge in [-0.05, 0) is 50.6 Å². The van der Waals surface area contributed by atoms with E-state index in [1.807, 2.05) is 44.2 Å². The molecule has 1 fully saturated rings. The van der Waals surface area contributed by atoms with Crippen LogP contribution in [0, 0.1) is 0 Å². The fourth-order valence-corrected chi connectivity index (χ4v) is 3.93. The summed E-state index contributed by atoms with van der Waals surface area (Å²) in [6, 6.07) is 11.4. The van der Waals surface area contributed by atoms with Crippen molar-refractivity contribution in [2.45, 2.75) is 25.9 Å². The van der Waals surface area contributed by atoms with Gasteiger partial charge in [0, 0.05) is 37.6 Å². The normalized spacial score (nSPS) is 16.8. The Morgan fingerprint density at radius 2 is 1.86 bits per heavy atom. The molecule has 0 bridgehead atoms. The van der Waals surface area contributed by atoms with Crippen molar-refractivity contribution in [1.29, 1.82) is 0 Å². The van der Waals surface area contributed by atoms with Crippen LogP contribution < -0.4 is 24.8 Å². The van der Waals surface area contributed by atoms with Crippen molar-refractivity contribution < 1.29 is 18.9 Å². The van der Waals surface area contributed by atoms with Crippen LogP contribution in [0.3, 0.4) is 0 Å². The summed E-state index contributed by atoms with van der Waals surface area (Å²) in [5.41, 5.74) is 1.23. The summed E-state index contributed by atoms with van der Waals surface area (Å²) in [7, 11) is 0. The number of aromatic nitrogens is 3. The number of benzene rings is 1. The molecule has 3 aromatic rings. The Balaban J connectivity index is 1.12. The van der Waals surface area contributed by atoms with Crippen LogP contribution in [-0.4, -0.2) is 71.5 Å². The molecule has 0 atom stereocenters. The van der Waals surface area contributed by atoms with E-state index in [2.05, 4.69) is 30.5 Å². The SMILES string of the molecule is CC1(C)COc2cc(Nc3ccnc(Nc4ccc(OCCCN5CCOCC5)cc4)n3)cnc2O1. The molecule has 2 N–H and O–H groups in total. The van der Waals surface area contributed by atoms with Gasteiger partial charge in [-0.3, -0.25) is 4.90 Å². The Labute approximate surface area is 211 Å². The molecule has 0 unspecified atom stereocenters. The number of fused-ring (bicyclic) bond motifs is 1. The highest BCUT2D eigenvalue weighted by Crippen LogP contribution is 2.35. The summed E-state index contributed by atoms with van der Waals surface area (Å²) in [5, 5.41) is 6.47. The van der Waals surface area contributed by atoms with Crippen LogP contribution in [-0.2, 0) is 4.74 Å². The predicted octanol–water partition coefficient (Wildman–Crippen LogP) is 4.01. The topological polar surface area (TPSA) is 103 Å². The minimum atomic E-state index is -0.393. The highest BCUT2D eigenvalue weighted by Gasteiger charge is 2.29. The van der Waals surface area contributed by atoms with Crippen molar-refractivity contribution in [3.63, 3.8) is 0 Å². The second-order valence-electron chi connectivity index (χ2n) is 9.37. The summed E-state index contributed by atoms with van der Waals surface area (Å²) in [4.78, 5) is 15.7. The molecule has 0 amide bonds. The first-order chi connectivity index (χ1) is 17.5. The van der Waals surface area contributed by atoms with Crippen LogP contribution >= 0.6 is 0 Å². The van der Waals surface area contributed by atoms with Crippen LogP contribution in [0.15, 0.2) is 48.8 Å². The predicted molar refractivity (Wildman–Crippen MR) is 137 cm³/mol. The van der Waals surface area contributed by atoms with E-state index in [1.54, 1.807) is 18.5 Å². The Hall–Kier alpha value is -3.63. The summed E-state index contributed by atoms with van der Waals surface area (Å²) in [6.07, 6.45) is 4.38. The molecule has 10 nitrogen and oxygen atoms in total. The van der Waals surface area contributed by atoms with Crippen molar-refractivity contribution >= 4 is 23.1 Å². The number of rotatable bonds is 9. The highest BCUT2D eigenvalue weighted by molar-refractivity contribution is 5.61. The lowest BCUT2D eigenvalue weighted by atomic mass is 10.1. The zero-order valence-corrected chi connectivity index (χ0v) is 20.7. The number of ether oxygens (including phenoxy) is 4. The average molecular weight is 493 g/mol. The van der Waals surface area contributed by atoms with Gasteiger partial charge in [0.2, 0.25) is 5.95 Å². The van der Waals surface area contributed by atoms with E-state index >= 15 is 0 Å².